The van der Waals surface area contributed by atoms with E-state index in [0.29, 0.717) is 37.3 Å². The van der Waals surface area contributed by atoms with E-state index in [0.717, 1.165) is 4.88 Å². The van der Waals surface area contributed by atoms with Crippen molar-refractivity contribution in [2.75, 3.05) is 19.8 Å². The molecule has 1 N–H and O–H groups in total. The summed E-state index contributed by atoms with van der Waals surface area (Å²) in [6.45, 7) is 1.39. The van der Waals surface area contributed by atoms with Gasteiger partial charge in [0.2, 0.25) is 5.91 Å². The van der Waals surface area contributed by atoms with Gasteiger partial charge in [0.1, 0.15) is 0 Å². The number of nitriles is 1. The van der Waals surface area contributed by atoms with E-state index in [2.05, 4.69) is 6.07 Å². The van der Waals surface area contributed by atoms with E-state index in [4.69, 9.17) is 10.00 Å². The minimum absolute atomic E-state index is 0.135. The molecule has 0 bridgehead atoms. The zero-order valence-electron chi connectivity index (χ0n) is 14.2. The maximum absolute atomic E-state index is 12.7. The van der Waals surface area contributed by atoms with Gasteiger partial charge in [0.15, 0.2) is 0 Å². The molecule has 0 spiro atoms. The van der Waals surface area contributed by atoms with Crippen molar-refractivity contribution in [2.24, 2.45) is 0 Å². The predicted molar refractivity (Wildman–Crippen MR) is 100 cm³/mol. The Hall–Kier alpha value is -2.46. The van der Waals surface area contributed by atoms with Gasteiger partial charge in [0, 0.05) is 23.9 Å². The Bertz CT molecular complexity index is 811. The number of carbonyl (C=O) groups is 1. The van der Waals surface area contributed by atoms with Gasteiger partial charge in [-0.15, -0.1) is 11.3 Å². The Morgan fingerprint density at radius 2 is 2.27 bits per heavy atom. The summed E-state index contributed by atoms with van der Waals surface area (Å²) in [5.74, 6) is -0.135. The summed E-state index contributed by atoms with van der Waals surface area (Å²) in [6, 6.07) is 12.9. The first kappa shape index (κ1) is 18.3. The molecular weight excluding hydrogens is 348 g/mol. The van der Waals surface area contributed by atoms with Crippen LogP contribution in [0.4, 0.5) is 0 Å². The molecule has 5 nitrogen and oxygen atoms in total. The van der Waals surface area contributed by atoms with E-state index in [1.54, 1.807) is 29.2 Å². The van der Waals surface area contributed by atoms with Crippen LogP contribution in [0.15, 0.2) is 47.9 Å². The first-order valence-corrected chi connectivity index (χ1v) is 9.34. The number of benzene rings is 1. The van der Waals surface area contributed by atoms with Crippen LogP contribution < -0.4 is 0 Å². The van der Waals surface area contributed by atoms with Crippen molar-refractivity contribution in [3.8, 4) is 6.07 Å². The van der Waals surface area contributed by atoms with Gasteiger partial charge in [-0.2, -0.15) is 5.26 Å². The molecule has 2 atom stereocenters. The van der Waals surface area contributed by atoms with Gasteiger partial charge < -0.3 is 14.7 Å². The fourth-order valence-electron chi connectivity index (χ4n) is 3.00. The largest absolute Gasteiger partial charge is 0.387 e. The molecule has 1 aromatic heterocycles. The number of rotatable bonds is 5. The minimum atomic E-state index is -0.611. The number of hydrogen-bond donors (Lipinski definition) is 1. The van der Waals surface area contributed by atoms with Crippen molar-refractivity contribution in [1.29, 1.82) is 5.26 Å². The molecule has 1 fully saturated rings. The van der Waals surface area contributed by atoms with Gasteiger partial charge in [-0.3, -0.25) is 4.79 Å². The summed E-state index contributed by atoms with van der Waals surface area (Å²) in [6.07, 6.45) is 2.99. The highest BCUT2D eigenvalue weighted by Gasteiger charge is 2.28. The first-order chi connectivity index (χ1) is 12.7. The van der Waals surface area contributed by atoms with Crippen LogP contribution in [0.25, 0.3) is 6.08 Å². The molecule has 0 saturated carbocycles. The Balaban J connectivity index is 1.69. The average Bonchev–Trinajstić information content (AvgIpc) is 3.21. The first-order valence-electron chi connectivity index (χ1n) is 8.46. The van der Waals surface area contributed by atoms with Crippen LogP contribution in [0.2, 0.25) is 0 Å². The summed E-state index contributed by atoms with van der Waals surface area (Å²) in [5, 5.41) is 21.5. The number of carbonyl (C=O) groups excluding carboxylic acids is 1. The third kappa shape index (κ3) is 4.38. The van der Waals surface area contributed by atoms with Crippen molar-refractivity contribution in [3.63, 3.8) is 0 Å². The SMILES string of the molecule is N#Cc1ccccc1/C=C/C(=O)N1CCOCC1CC(O)c1cccs1. The second-order valence-corrected chi connectivity index (χ2v) is 7.04. The lowest BCUT2D eigenvalue weighted by Crippen LogP contribution is -2.48. The number of aliphatic hydroxyl groups excluding tert-OH is 1. The molecule has 3 rings (SSSR count). The molecule has 1 saturated heterocycles. The molecule has 0 radical (unpaired) electrons. The van der Waals surface area contributed by atoms with Gasteiger partial charge in [-0.05, 0) is 29.2 Å². The maximum atomic E-state index is 12.7. The smallest absolute Gasteiger partial charge is 0.246 e. The molecule has 134 valence electrons. The normalized spacial score (nSPS) is 18.6. The molecule has 26 heavy (non-hydrogen) atoms. The van der Waals surface area contributed by atoms with Crippen LogP contribution in [0.3, 0.4) is 0 Å². The number of ether oxygens (including phenoxy) is 1. The highest BCUT2D eigenvalue weighted by Crippen LogP contribution is 2.26. The summed E-state index contributed by atoms with van der Waals surface area (Å²) >= 11 is 1.50. The van der Waals surface area contributed by atoms with Crippen LogP contribution in [-0.4, -0.2) is 41.7 Å². The third-order valence-corrected chi connectivity index (χ3v) is 5.34. The zero-order valence-corrected chi connectivity index (χ0v) is 15.1. The summed E-state index contributed by atoms with van der Waals surface area (Å²) in [5.41, 5.74) is 1.25. The lowest BCUT2D eigenvalue weighted by atomic mass is 10.1. The van der Waals surface area contributed by atoms with Crippen LogP contribution in [0.1, 0.15) is 28.5 Å². The third-order valence-electron chi connectivity index (χ3n) is 4.36. The van der Waals surface area contributed by atoms with Gasteiger partial charge in [-0.1, -0.05) is 24.3 Å². The summed E-state index contributed by atoms with van der Waals surface area (Å²) in [7, 11) is 0. The van der Waals surface area contributed by atoms with E-state index in [1.807, 2.05) is 23.6 Å². The molecule has 1 aromatic carbocycles. The number of amides is 1. The topological polar surface area (TPSA) is 73.6 Å². The van der Waals surface area contributed by atoms with Crippen molar-refractivity contribution in [2.45, 2.75) is 18.6 Å². The fourth-order valence-corrected chi connectivity index (χ4v) is 3.72. The van der Waals surface area contributed by atoms with Gasteiger partial charge in [-0.25, -0.2) is 0 Å². The van der Waals surface area contributed by atoms with Crippen molar-refractivity contribution in [3.05, 3.63) is 63.9 Å². The van der Waals surface area contributed by atoms with E-state index >= 15 is 0 Å². The average molecular weight is 368 g/mol. The number of nitrogens with zero attached hydrogens (tertiary/aromatic N) is 2. The molecule has 1 aliphatic rings. The summed E-state index contributed by atoms with van der Waals surface area (Å²) in [4.78, 5) is 15.3. The van der Waals surface area contributed by atoms with Crippen molar-refractivity contribution < 1.29 is 14.6 Å². The second kappa shape index (κ2) is 8.77. The zero-order chi connectivity index (χ0) is 18.4. The highest BCUT2D eigenvalue weighted by molar-refractivity contribution is 7.10. The van der Waals surface area contributed by atoms with Gasteiger partial charge in [0.05, 0.1) is 37.0 Å². The highest BCUT2D eigenvalue weighted by atomic mass is 32.1. The molecule has 2 unspecified atom stereocenters. The maximum Gasteiger partial charge on any atom is 0.246 e. The lowest BCUT2D eigenvalue weighted by Gasteiger charge is -2.36. The molecule has 1 amide bonds. The standard InChI is InChI=1S/C20H20N2O3S/c21-13-16-5-2-1-4-15(16)7-8-20(24)22-9-10-25-14-17(22)12-18(23)19-6-3-11-26-19/h1-8,11,17-18,23H,9-10,12,14H2/b8-7+. The Labute approximate surface area is 156 Å². The van der Waals surface area contributed by atoms with Gasteiger partial charge in [0.25, 0.3) is 0 Å². The van der Waals surface area contributed by atoms with Crippen LogP contribution in [0.5, 0.6) is 0 Å². The fraction of sp³-hybridized carbons (Fsp3) is 0.300. The van der Waals surface area contributed by atoms with Crippen molar-refractivity contribution >= 4 is 23.3 Å². The molecule has 0 aliphatic carbocycles. The Kier molecular flexibility index (Phi) is 6.18. The molecule has 2 aromatic rings. The Morgan fingerprint density at radius 1 is 1.42 bits per heavy atom. The lowest BCUT2D eigenvalue weighted by molar-refractivity contribution is -0.135. The molecule has 1 aliphatic heterocycles. The Morgan fingerprint density at radius 3 is 3.04 bits per heavy atom. The van der Waals surface area contributed by atoms with Crippen LogP contribution in [0, 0.1) is 11.3 Å². The summed E-state index contributed by atoms with van der Waals surface area (Å²) < 4.78 is 5.51. The number of thiophene rings is 1. The van der Waals surface area contributed by atoms with Crippen LogP contribution >= 0.6 is 11.3 Å². The molecular formula is C20H20N2O3S. The van der Waals surface area contributed by atoms with Crippen molar-refractivity contribution in [1.82, 2.24) is 4.90 Å². The van der Waals surface area contributed by atoms with E-state index in [9.17, 15) is 9.90 Å². The quantitative estimate of drug-likeness (QED) is 0.824. The number of hydrogen-bond acceptors (Lipinski definition) is 5. The monoisotopic (exact) mass is 368 g/mol. The minimum Gasteiger partial charge on any atom is -0.387 e. The second-order valence-electron chi connectivity index (χ2n) is 6.06. The van der Waals surface area contributed by atoms with Gasteiger partial charge >= 0.3 is 0 Å². The van der Waals surface area contributed by atoms with E-state index < -0.39 is 6.10 Å². The number of aliphatic hydroxyl groups is 1. The van der Waals surface area contributed by atoms with E-state index in [-0.39, 0.29) is 11.9 Å². The molecule has 2 heterocycles. The van der Waals surface area contributed by atoms with E-state index in [1.165, 1.54) is 17.4 Å². The predicted octanol–water partition coefficient (Wildman–Crippen LogP) is 2.98. The molecule has 6 heteroatoms. The number of morpholine rings is 1. The van der Waals surface area contributed by atoms with Crippen LogP contribution in [-0.2, 0) is 9.53 Å².